The minimum Gasteiger partial charge on any atom is -0.410 e. The quantitative estimate of drug-likeness (QED) is 0.425. The summed E-state index contributed by atoms with van der Waals surface area (Å²) in [5.41, 5.74) is 1.55. The van der Waals surface area contributed by atoms with Gasteiger partial charge in [-0.15, -0.1) is 0 Å². The maximum atomic E-state index is 8.40. The van der Waals surface area contributed by atoms with E-state index in [1.165, 1.54) is 0 Å². The fraction of sp³-hybridized carbons (Fsp3) is 0.125. The third-order valence-corrected chi connectivity index (χ3v) is 2.04. The molecule has 0 saturated heterocycles. The highest BCUT2D eigenvalue weighted by atomic mass is 35.5. The van der Waals surface area contributed by atoms with Crippen LogP contribution in [-0.2, 0) is 0 Å². The monoisotopic (exact) mass is 203 g/mol. The molecule has 0 saturated carbocycles. The number of oxime groups is 1. The van der Waals surface area contributed by atoms with Gasteiger partial charge in [0.05, 0.1) is 5.02 Å². The first-order valence-electron chi connectivity index (χ1n) is 3.29. The van der Waals surface area contributed by atoms with Gasteiger partial charge in [0, 0.05) is 5.56 Å². The normalized spacial score (nSPS) is 11.8. The lowest BCUT2D eigenvalue weighted by molar-refractivity contribution is 0.321. The summed E-state index contributed by atoms with van der Waals surface area (Å²) < 4.78 is 0. The largest absolute Gasteiger partial charge is 0.410 e. The molecule has 0 fully saturated rings. The number of hydrogen-bond acceptors (Lipinski definition) is 2. The van der Waals surface area contributed by atoms with Gasteiger partial charge >= 0.3 is 0 Å². The minimum atomic E-state index is 0.00343. The molecule has 0 aliphatic rings. The Labute approximate surface area is 80.4 Å². The fourth-order valence-electron chi connectivity index (χ4n) is 0.851. The molecule has 2 nitrogen and oxygen atoms in total. The van der Waals surface area contributed by atoms with Gasteiger partial charge in [-0.1, -0.05) is 40.0 Å². The molecule has 0 bridgehead atoms. The number of halogens is 2. The standard InChI is InChI=1S/C8H7Cl2NO/c1-5-2-3-7(9)6(4-5)8(10)11-12/h2-4,12H,1H3/b11-8-. The second-order valence-corrected chi connectivity index (χ2v) is 3.14. The van der Waals surface area contributed by atoms with E-state index in [2.05, 4.69) is 5.16 Å². The Bertz CT molecular complexity index is 323. The smallest absolute Gasteiger partial charge is 0.176 e. The summed E-state index contributed by atoms with van der Waals surface area (Å²) in [4.78, 5) is 0. The second-order valence-electron chi connectivity index (χ2n) is 2.37. The predicted molar refractivity (Wildman–Crippen MR) is 50.4 cm³/mol. The van der Waals surface area contributed by atoms with Gasteiger partial charge in [-0.3, -0.25) is 0 Å². The topological polar surface area (TPSA) is 32.6 Å². The number of benzene rings is 1. The zero-order valence-electron chi connectivity index (χ0n) is 6.38. The minimum absolute atomic E-state index is 0.00343. The van der Waals surface area contributed by atoms with Crippen molar-refractivity contribution < 1.29 is 5.21 Å². The van der Waals surface area contributed by atoms with E-state index in [4.69, 9.17) is 28.4 Å². The molecule has 1 N–H and O–H groups in total. The van der Waals surface area contributed by atoms with Crippen molar-refractivity contribution >= 4 is 28.4 Å². The Morgan fingerprint density at radius 1 is 1.50 bits per heavy atom. The Morgan fingerprint density at radius 2 is 2.17 bits per heavy atom. The van der Waals surface area contributed by atoms with E-state index in [1.807, 2.05) is 13.0 Å². The Hall–Kier alpha value is -0.730. The molecule has 4 heteroatoms. The summed E-state index contributed by atoms with van der Waals surface area (Å²) in [5, 5.41) is 11.7. The number of rotatable bonds is 1. The first-order valence-corrected chi connectivity index (χ1v) is 4.05. The molecule has 0 atom stereocenters. The molecule has 0 spiro atoms. The molecule has 0 heterocycles. The van der Waals surface area contributed by atoms with Gasteiger partial charge in [-0.2, -0.15) is 0 Å². The lowest BCUT2D eigenvalue weighted by atomic mass is 10.1. The van der Waals surface area contributed by atoms with Crippen LogP contribution in [0.3, 0.4) is 0 Å². The van der Waals surface area contributed by atoms with E-state index in [-0.39, 0.29) is 5.17 Å². The lowest BCUT2D eigenvalue weighted by Crippen LogP contribution is -1.92. The van der Waals surface area contributed by atoms with Crippen LogP contribution in [0.2, 0.25) is 5.02 Å². The van der Waals surface area contributed by atoms with E-state index in [0.717, 1.165) is 5.56 Å². The van der Waals surface area contributed by atoms with Crippen LogP contribution in [0.1, 0.15) is 11.1 Å². The SMILES string of the molecule is Cc1ccc(Cl)c(/C(Cl)=N/O)c1. The summed E-state index contributed by atoms with van der Waals surface area (Å²) >= 11 is 11.4. The van der Waals surface area contributed by atoms with Gasteiger partial charge < -0.3 is 5.21 Å². The van der Waals surface area contributed by atoms with Crippen LogP contribution in [0.5, 0.6) is 0 Å². The molecule has 1 rings (SSSR count). The molecule has 12 heavy (non-hydrogen) atoms. The number of nitrogens with zero attached hydrogens (tertiary/aromatic N) is 1. The van der Waals surface area contributed by atoms with E-state index >= 15 is 0 Å². The van der Waals surface area contributed by atoms with Crippen molar-refractivity contribution in [3.63, 3.8) is 0 Å². The molecule has 1 aromatic rings. The predicted octanol–water partition coefficient (Wildman–Crippen LogP) is 3.02. The van der Waals surface area contributed by atoms with Crippen LogP contribution in [-0.4, -0.2) is 10.4 Å². The number of aryl methyl sites for hydroxylation is 1. The van der Waals surface area contributed by atoms with Crippen LogP contribution in [0.25, 0.3) is 0 Å². The molecule has 0 aromatic heterocycles. The zero-order valence-corrected chi connectivity index (χ0v) is 7.89. The molecule has 0 unspecified atom stereocenters. The maximum absolute atomic E-state index is 8.40. The highest BCUT2D eigenvalue weighted by Gasteiger charge is 2.05. The van der Waals surface area contributed by atoms with Gasteiger partial charge in [0.15, 0.2) is 5.17 Å². The Kier molecular flexibility index (Phi) is 2.95. The van der Waals surface area contributed by atoms with Crippen molar-refractivity contribution in [1.29, 1.82) is 0 Å². The average molecular weight is 204 g/mol. The van der Waals surface area contributed by atoms with Crippen LogP contribution in [0.15, 0.2) is 23.4 Å². The molecular formula is C8H7Cl2NO. The van der Waals surface area contributed by atoms with E-state index in [0.29, 0.717) is 10.6 Å². The van der Waals surface area contributed by atoms with Crippen molar-refractivity contribution in [3.05, 3.63) is 34.3 Å². The van der Waals surface area contributed by atoms with Crippen molar-refractivity contribution in [2.45, 2.75) is 6.92 Å². The molecule has 0 radical (unpaired) electrons. The van der Waals surface area contributed by atoms with E-state index in [9.17, 15) is 0 Å². The summed E-state index contributed by atoms with van der Waals surface area (Å²) in [6, 6.07) is 5.32. The summed E-state index contributed by atoms with van der Waals surface area (Å²) in [6.45, 7) is 1.90. The molecule has 1 aromatic carbocycles. The molecular weight excluding hydrogens is 197 g/mol. The maximum Gasteiger partial charge on any atom is 0.176 e. The van der Waals surface area contributed by atoms with Gasteiger partial charge in [0.2, 0.25) is 0 Å². The number of hydrogen-bond donors (Lipinski definition) is 1. The van der Waals surface area contributed by atoms with Gasteiger partial charge in [-0.05, 0) is 19.1 Å². The van der Waals surface area contributed by atoms with E-state index in [1.54, 1.807) is 12.1 Å². The van der Waals surface area contributed by atoms with Crippen molar-refractivity contribution in [1.82, 2.24) is 0 Å². The van der Waals surface area contributed by atoms with Crippen LogP contribution in [0, 0.1) is 6.92 Å². The molecule has 0 aliphatic carbocycles. The third kappa shape index (κ3) is 1.90. The first kappa shape index (κ1) is 9.36. The Morgan fingerprint density at radius 3 is 2.75 bits per heavy atom. The average Bonchev–Trinajstić information content (AvgIpc) is 2.08. The highest BCUT2D eigenvalue weighted by molar-refractivity contribution is 6.70. The van der Waals surface area contributed by atoms with Gasteiger partial charge in [-0.25, -0.2) is 0 Å². The second kappa shape index (κ2) is 3.78. The van der Waals surface area contributed by atoms with E-state index < -0.39 is 0 Å². The van der Waals surface area contributed by atoms with Crippen molar-refractivity contribution in [3.8, 4) is 0 Å². The third-order valence-electron chi connectivity index (χ3n) is 1.43. The summed E-state index contributed by atoms with van der Waals surface area (Å²) in [6.07, 6.45) is 0. The molecule has 64 valence electrons. The molecule has 0 amide bonds. The van der Waals surface area contributed by atoms with Crippen LogP contribution >= 0.6 is 23.2 Å². The molecule has 0 aliphatic heterocycles. The summed E-state index contributed by atoms with van der Waals surface area (Å²) in [5.74, 6) is 0. The van der Waals surface area contributed by atoms with Gasteiger partial charge in [0.25, 0.3) is 0 Å². The van der Waals surface area contributed by atoms with Crippen molar-refractivity contribution in [2.75, 3.05) is 0 Å². The highest BCUT2D eigenvalue weighted by Crippen LogP contribution is 2.19. The zero-order chi connectivity index (χ0) is 9.14. The van der Waals surface area contributed by atoms with Crippen LogP contribution < -0.4 is 0 Å². The lowest BCUT2D eigenvalue weighted by Gasteiger charge is -2.00. The van der Waals surface area contributed by atoms with Crippen LogP contribution in [0.4, 0.5) is 0 Å². The van der Waals surface area contributed by atoms with Crippen molar-refractivity contribution in [2.24, 2.45) is 5.16 Å². The summed E-state index contributed by atoms with van der Waals surface area (Å²) in [7, 11) is 0. The van der Waals surface area contributed by atoms with Gasteiger partial charge in [0.1, 0.15) is 0 Å². The first-order chi connectivity index (χ1) is 5.65. The Balaban J connectivity index is 3.23. The fourth-order valence-corrected chi connectivity index (χ4v) is 1.26.